The predicted octanol–water partition coefficient (Wildman–Crippen LogP) is 3.15. The Morgan fingerprint density at radius 2 is 1.88 bits per heavy atom. The van der Waals surface area contributed by atoms with E-state index in [1.165, 1.54) is 5.56 Å². The van der Waals surface area contributed by atoms with Crippen LogP contribution in [0.25, 0.3) is 0 Å². The summed E-state index contributed by atoms with van der Waals surface area (Å²) < 4.78 is 0. The maximum Gasteiger partial charge on any atom is 0.251 e. The molecule has 1 heterocycles. The van der Waals surface area contributed by atoms with E-state index < -0.39 is 0 Å². The molecule has 1 atom stereocenters. The van der Waals surface area contributed by atoms with Crippen LogP contribution in [-0.2, 0) is 4.79 Å². The molecule has 0 bridgehead atoms. The van der Waals surface area contributed by atoms with Crippen molar-refractivity contribution in [3.63, 3.8) is 0 Å². The van der Waals surface area contributed by atoms with Crippen LogP contribution in [0.3, 0.4) is 0 Å². The first-order valence-corrected chi connectivity index (χ1v) is 8.19. The summed E-state index contributed by atoms with van der Waals surface area (Å²) in [6, 6.07) is 13.3. The van der Waals surface area contributed by atoms with Gasteiger partial charge >= 0.3 is 0 Å². The average molecular weight is 322 g/mol. The van der Waals surface area contributed by atoms with E-state index in [4.69, 9.17) is 0 Å². The Bertz CT molecular complexity index is 798. The van der Waals surface area contributed by atoms with Gasteiger partial charge in [0.15, 0.2) is 0 Å². The molecule has 2 aromatic rings. The van der Waals surface area contributed by atoms with Gasteiger partial charge in [-0.3, -0.25) is 9.59 Å². The van der Waals surface area contributed by atoms with Crippen molar-refractivity contribution >= 4 is 17.5 Å². The summed E-state index contributed by atoms with van der Waals surface area (Å²) >= 11 is 0. The number of carbonyl (C=O) groups excluding carboxylic acids is 2. The highest BCUT2D eigenvalue weighted by molar-refractivity contribution is 5.99. The van der Waals surface area contributed by atoms with Crippen LogP contribution in [-0.4, -0.2) is 24.4 Å². The molecule has 0 aliphatic carbocycles. The first-order valence-electron chi connectivity index (χ1n) is 8.19. The third-order valence-electron chi connectivity index (χ3n) is 4.54. The Morgan fingerprint density at radius 1 is 1.08 bits per heavy atom. The van der Waals surface area contributed by atoms with Crippen molar-refractivity contribution < 1.29 is 9.59 Å². The SMILES string of the molecule is Cc1cccc(C(=O)NC2CC(=O)N(c3ccc(C)c(C)c3)C2)c1. The summed E-state index contributed by atoms with van der Waals surface area (Å²) in [5.41, 5.74) is 4.94. The lowest BCUT2D eigenvalue weighted by Crippen LogP contribution is -2.37. The van der Waals surface area contributed by atoms with Crippen LogP contribution in [0, 0.1) is 20.8 Å². The second-order valence-electron chi connectivity index (χ2n) is 6.52. The molecule has 1 unspecified atom stereocenters. The molecule has 2 amide bonds. The standard InChI is InChI=1S/C20H22N2O2/c1-13-5-4-6-16(9-13)20(24)21-17-11-19(23)22(12-17)18-8-7-14(2)15(3)10-18/h4-10,17H,11-12H2,1-3H3,(H,21,24). The number of hydrogen-bond donors (Lipinski definition) is 1. The number of nitrogens with zero attached hydrogens (tertiary/aromatic N) is 1. The van der Waals surface area contributed by atoms with Crippen LogP contribution < -0.4 is 10.2 Å². The van der Waals surface area contributed by atoms with Crippen molar-refractivity contribution in [1.29, 1.82) is 0 Å². The number of benzene rings is 2. The van der Waals surface area contributed by atoms with E-state index in [-0.39, 0.29) is 17.9 Å². The fraction of sp³-hybridized carbons (Fsp3) is 0.300. The normalized spacial score (nSPS) is 17.2. The molecule has 3 rings (SSSR count). The maximum atomic E-state index is 12.4. The zero-order valence-electron chi connectivity index (χ0n) is 14.3. The van der Waals surface area contributed by atoms with Crippen LogP contribution in [0.4, 0.5) is 5.69 Å². The number of amides is 2. The average Bonchev–Trinajstić information content (AvgIpc) is 2.90. The van der Waals surface area contributed by atoms with Crippen molar-refractivity contribution in [3.8, 4) is 0 Å². The minimum atomic E-state index is -0.160. The summed E-state index contributed by atoms with van der Waals surface area (Å²) in [6.45, 7) is 6.56. The molecule has 1 aliphatic heterocycles. The molecule has 0 saturated carbocycles. The third kappa shape index (κ3) is 3.32. The summed E-state index contributed by atoms with van der Waals surface area (Å²) in [4.78, 5) is 26.4. The largest absolute Gasteiger partial charge is 0.347 e. The molecule has 1 aliphatic rings. The predicted molar refractivity (Wildman–Crippen MR) is 95.3 cm³/mol. The minimum absolute atomic E-state index is 0.0489. The van der Waals surface area contributed by atoms with Gasteiger partial charge in [-0.25, -0.2) is 0 Å². The Balaban J connectivity index is 1.70. The van der Waals surface area contributed by atoms with Crippen LogP contribution in [0.15, 0.2) is 42.5 Å². The fourth-order valence-corrected chi connectivity index (χ4v) is 3.00. The quantitative estimate of drug-likeness (QED) is 0.944. The van der Waals surface area contributed by atoms with Gasteiger partial charge in [0.25, 0.3) is 5.91 Å². The number of nitrogens with one attached hydrogen (secondary N) is 1. The molecule has 0 aromatic heterocycles. The van der Waals surface area contributed by atoms with Crippen molar-refractivity contribution in [2.24, 2.45) is 0 Å². The fourth-order valence-electron chi connectivity index (χ4n) is 3.00. The Morgan fingerprint density at radius 3 is 2.58 bits per heavy atom. The van der Waals surface area contributed by atoms with Gasteiger partial charge in [-0.15, -0.1) is 0 Å². The van der Waals surface area contributed by atoms with E-state index in [0.29, 0.717) is 18.5 Å². The van der Waals surface area contributed by atoms with Crippen LogP contribution >= 0.6 is 0 Å². The van der Waals surface area contributed by atoms with Gasteiger partial charge in [0.05, 0.1) is 6.04 Å². The van der Waals surface area contributed by atoms with E-state index in [1.54, 1.807) is 11.0 Å². The van der Waals surface area contributed by atoms with E-state index >= 15 is 0 Å². The Labute approximate surface area is 142 Å². The number of aryl methyl sites for hydroxylation is 3. The summed E-state index contributed by atoms with van der Waals surface area (Å²) in [5.74, 6) is -0.0776. The summed E-state index contributed by atoms with van der Waals surface area (Å²) in [5, 5.41) is 2.98. The van der Waals surface area contributed by atoms with Crippen molar-refractivity contribution in [1.82, 2.24) is 5.32 Å². The van der Waals surface area contributed by atoms with Crippen molar-refractivity contribution in [3.05, 3.63) is 64.7 Å². The van der Waals surface area contributed by atoms with Gasteiger partial charge < -0.3 is 10.2 Å². The number of hydrogen-bond acceptors (Lipinski definition) is 2. The molecule has 0 spiro atoms. The second kappa shape index (κ2) is 6.48. The van der Waals surface area contributed by atoms with Gasteiger partial charge in [0, 0.05) is 24.2 Å². The molecular formula is C20H22N2O2. The van der Waals surface area contributed by atoms with Gasteiger partial charge in [0.2, 0.25) is 5.91 Å². The lowest BCUT2D eigenvalue weighted by molar-refractivity contribution is -0.117. The number of rotatable bonds is 3. The zero-order valence-corrected chi connectivity index (χ0v) is 14.3. The van der Waals surface area contributed by atoms with E-state index in [0.717, 1.165) is 16.8 Å². The topological polar surface area (TPSA) is 49.4 Å². The van der Waals surface area contributed by atoms with Gasteiger partial charge in [-0.2, -0.15) is 0 Å². The second-order valence-corrected chi connectivity index (χ2v) is 6.52. The minimum Gasteiger partial charge on any atom is -0.347 e. The first kappa shape index (κ1) is 16.2. The molecule has 1 saturated heterocycles. The monoisotopic (exact) mass is 322 g/mol. The van der Waals surface area contributed by atoms with Gasteiger partial charge in [0.1, 0.15) is 0 Å². The van der Waals surface area contributed by atoms with Crippen molar-refractivity contribution in [2.45, 2.75) is 33.2 Å². The molecule has 4 heteroatoms. The van der Waals surface area contributed by atoms with E-state index in [2.05, 4.69) is 12.2 Å². The lowest BCUT2D eigenvalue weighted by Gasteiger charge is -2.18. The van der Waals surface area contributed by atoms with Crippen molar-refractivity contribution in [2.75, 3.05) is 11.4 Å². The number of anilines is 1. The first-order chi connectivity index (χ1) is 11.4. The van der Waals surface area contributed by atoms with Gasteiger partial charge in [-0.05, 0) is 56.2 Å². The molecule has 0 radical (unpaired) electrons. The smallest absolute Gasteiger partial charge is 0.251 e. The molecule has 1 N–H and O–H groups in total. The van der Waals surface area contributed by atoms with Crippen LogP contribution in [0.5, 0.6) is 0 Å². The van der Waals surface area contributed by atoms with E-state index in [9.17, 15) is 9.59 Å². The molecule has 24 heavy (non-hydrogen) atoms. The van der Waals surface area contributed by atoms with Crippen LogP contribution in [0.1, 0.15) is 33.5 Å². The molecule has 4 nitrogen and oxygen atoms in total. The molecule has 1 fully saturated rings. The maximum absolute atomic E-state index is 12.4. The highest BCUT2D eigenvalue weighted by Crippen LogP contribution is 2.24. The van der Waals surface area contributed by atoms with E-state index in [1.807, 2.05) is 50.2 Å². The molecular weight excluding hydrogens is 300 g/mol. The summed E-state index contributed by atoms with van der Waals surface area (Å²) in [6.07, 6.45) is 0.338. The van der Waals surface area contributed by atoms with Crippen LogP contribution in [0.2, 0.25) is 0 Å². The zero-order chi connectivity index (χ0) is 17.3. The Kier molecular flexibility index (Phi) is 4.38. The van der Waals surface area contributed by atoms with Gasteiger partial charge in [-0.1, -0.05) is 23.8 Å². The summed E-state index contributed by atoms with van der Waals surface area (Å²) in [7, 11) is 0. The molecule has 124 valence electrons. The highest BCUT2D eigenvalue weighted by atomic mass is 16.2. The molecule has 2 aromatic carbocycles. The third-order valence-corrected chi connectivity index (χ3v) is 4.54. The highest BCUT2D eigenvalue weighted by Gasteiger charge is 2.31. The Hall–Kier alpha value is -2.62. The lowest BCUT2D eigenvalue weighted by atomic mass is 10.1. The number of carbonyl (C=O) groups is 2.